The molecule has 86 valence electrons. The molecule has 0 unspecified atom stereocenters. The van der Waals surface area contributed by atoms with Gasteiger partial charge >= 0.3 is 0 Å². The molecule has 17 heavy (non-hydrogen) atoms. The zero-order valence-corrected chi connectivity index (χ0v) is 10.4. The number of nitrogens with one attached hydrogen (secondary N) is 1. The van der Waals surface area contributed by atoms with Crippen molar-refractivity contribution in [3.8, 4) is 17.3 Å². The standard InChI is InChI=1S/C13H13N3S/c1-2-15-8-13-16-12(9-17-13)11-5-3-4-10(6-11)7-14/h3-6,9,15H,2,8H2,1H3. The van der Waals surface area contributed by atoms with E-state index in [1.54, 1.807) is 17.4 Å². The van der Waals surface area contributed by atoms with E-state index in [2.05, 4.69) is 23.3 Å². The summed E-state index contributed by atoms with van der Waals surface area (Å²) in [4.78, 5) is 4.54. The van der Waals surface area contributed by atoms with E-state index < -0.39 is 0 Å². The van der Waals surface area contributed by atoms with Crippen molar-refractivity contribution in [2.75, 3.05) is 6.54 Å². The van der Waals surface area contributed by atoms with Gasteiger partial charge in [-0.2, -0.15) is 5.26 Å². The second-order valence-electron chi connectivity index (χ2n) is 3.60. The Kier molecular flexibility index (Phi) is 3.86. The Hall–Kier alpha value is -1.70. The highest BCUT2D eigenvalue weighted by molar-refractivity contribution is 7.09. The molecule has 0 spiro atoms. The van der Waals surface area contributed by atoms with Gasteiger partial charge in [-0.25, -0.2) is 4.98 Å². The van der Waals surface area contributed by atoms with E-state index in [9.17, 15) is 0 Å². The van der Waals surface area contributed by atoms with Gasteiger partial charge < -0.3 is 5.32 Å². The number of nitriles is 1. The quantitative estimate of drug-likeness (QED) is 0.898. The lowest BCUT2D eigenvalue weighted by atomic mass is 10.1. The van der Waals surface area contributed by atoms with E-state index in [1.807, 2.05) is 23.6 Å². The van der Waals surface area contributed by atoms with Crippen LogP contribution in [0.25, 0.3) is 11.3 Å². The molecule has 0 bridgehead atoms. The molecule has 1 N–H and O–H groups in total. The molecule has 0 aliphatic heterocycles. The Bertz CT molecular complexity index is 540. The summed E-state index contributed by atoms with van der Waals surface area (Å²) in [6, 6.07) is 9.67. The molecule has 0 atom stereocenters. The van der Waals surface area contributed by atoms with Crippen molar-refractivity contribution >= 4 is 11.3 Å². The van der Waals surface area contributed by atoms with E-state index in [4.69, 9.17) is 5.26 Å². The predicted octanol–water partition coefficient (Wildman–Crippen LogP) is 2.79. The van der Waals surface area contributed by atoms with Crippen LogP contribution >= 0.6 is 11.3 Å². The summed E-state index contributed by atoms with van der Waals surface area (Å²) in [7, 11) is 0. The fourth-order valence-electron chi connectivity index (χ4n) is 1.50. The Labute approximate surface area is 105 Å². The molecular formula is C13H13N3S. The van der Waals surface area contributed by atoms with Crippen LogP contribution in [0.3, 0.4) is 0 Å². The van der Waals surface area contributed by atoms with Crippen molar-refractivity contribution in [2.45, 2.75) is 13.5 Å². The molecule has 2 aromatic rings. The maximum atomic E-state index is 8.85. The number of nitrogens with zero attached hydrogens (tertiary/aromatic N) is 2. The Morgan fingerprint density at radius 1 is 1.47 bits per heavy atom. The number of hydrogen-bond acceptors (Lipinski definition) is 4. The van der Waals surface area contributed by atoms with E-state index in [1.165, 1.54) is 0 Å². The molecule has 0 radical (unpaired) electrons. The largest absolute Gasteiger partial charge is 0.311 e. The topological polar surface area (TPSA) is 48.7 Å². The van der Waals surface area contributed by atoms with Gasteiger partial charge in [-0.05, 0) is 18.7 Å². The zero-order valence-electron chi connectivity index (χ0n) is 9.60. The summed E-state index contributed by atoms with van der Waals surface area (Å²) >= 11 is 1.64. The first-order valence-corrected chi connectivity index (χ1v) is 6.37. The van der Waals surface area contributed by atoms with E-state index in [0.717, 1.165) is 29.4 Å². The summed E-state index contributed by atoms with van der Waals surface area (Å²) in [5.41, 5.74) is 2.62. The Morgan fingerprint density at radius 2 is 2.35 bits per heavy atom. The summed E-state index contributed by atoms with van der Waals surface area (Å²) in [6.07, 6.45) is 0. The van der Waals surface area contributed by atoms with Crippen LogP contribution in [0.2, 0.25) is 0 Å². The Morgan fingerprint density at radius 3 is 3.12 bits per heavy atom. The van der Waals surface area contributed by atoms with Crippen molar-refractivity contribution in [2.24, 2.45) is 0 Å². The fourth-order valence-corrected chi connectivity index (χ4v) is 2.28. The minimum Gasteiger partial charge on any atom is -0.311 e. The number of benzene rings is 1. The van der Waals surface area contributed by atoms with Crippen LogP contribution in [0.1, 0.15) is 17.5 Å². The second-order valence-corrected chi connectivity index (χ2v) is 4.54. The van der Waals surface area contributed by atoms with Gasteiger partial charge in [0.15, 0.2) is 0 Å². The molecule has 0 aliphatic rings. The zero-order chi connectivity index (χ0) is 12.1. The van der Waals surface area contributed by atoms with Crippen LogP contribution in [0.15, 0.2) is 29.6 Å². The summed E-state index contributed by atoms with van der Waals surface area (Å²) < 4.78 is 0. The minimum absolute atomic E-state index is 0.670. The normalized spacial score (nSPS) is 10.1. The first-order valence-electron chi connectivity index (χ1n) is 5.49. The first kappa shape index (κ1) is 11.8. The van der Waals surface area contributed by atoms with Crippen LogP contribution in [-0.4, -0.2) is 11.5 Å². The molecule has 2 rings (SSSR count). The van der Waals surface area contributed by atoms with Gasteiger partial charge in [0.2, 0.25) is 0 Å². The third-order valence-electron chi connectivity index (χ3n) is 2.37. The smallest absolute Gasteiger partial charge is 0.107 e. The lowest BCUT2D eigenvalue weighted by Crippen LogP contribution is -2.11. The SMILES string of the molecule is CCNCc1nc(-c2cccc(C#N)c2)cs1. The number of hydrogen-bond donors (Lipinski definition) is 1. The maximum absolute atomic E-state index is 8.85. The van der Waals surface area contributed by atoms with Gasteiger partial charge in [0.25, 0.3) is 0 Å². The molecule has 1 aromatic heterocycles. The van der Waals surface area contributed by atoms with Crippen molar-refractivity contribution in [3.05, 3.63) is 40.2 Å². The maximum Gasteiger partial charge on any atom is 0.107 e. The van der Waals surface area contributed by atoms with E-state index in [-0.39, 0.29) is 0 Å². The number of rotatable bonds is 4. The highest BCUT2D eigenvalue weighted by Gasteiger charge is 2.04. The molecule has 0 fully saturated rings. The average Bonchev–Trinajstić information content (AvgIpc) is 2.85. The summed E-state index contributed by atoms with van der Waals surface area (Å²) in [5.74, 6) is 0. The highest BCUT2D eigenvalue weighted by atomic mass is 32.1. The van der Waals surface area contributed by atoms with Gasteiger partial charge in [-0.3, -0.25) is 0 Å². The van der Waals surface area contributed by atoms with Gasteiger partial charge in [-0.15, -0.1) is 11.3 Å². The summed E-state index contributed by atoms with van der Waals surface area (Å²) in [6.45, 7) is 3.82. The van der Waals surface area contributed by atoms with Gasteiger partial charge in [0.1, 0.15) is 5.01 Å². The molecular weight excluding hydrogens is 230 g/mol. The average molecular weight is 243 g/mol. The lowest BCUT2D eigenvalue weighted by Gasteiger charge is -1.97. The third-order valence-corrected chi connectivity index (χ3v) is 3.21. The number of thiazole rings is 1. The number of aromatic nitrogens is 1. The van der Waals surface area contributed by atoms with Gasteiger partial charge in [-0.1, -0.05) is 19.1 Å². The summed E-state index contributed by atoms with van der Waals surface area (Å²) in [5, 5.41) is 15.2. The molecule has 0 amide bonds. The second kappa shape index (κ2) is 5.58. The highest BCUT2D eigenvalue weighted by Crippen LogP contribution is 2.22. The molecule has 0 aliphatic carbocycles. The first-order chi connectivity index (χ1) is 8.33. The van der Waals surface area contributed by atoms with Crippen molar-refractivity contribution in [1.82, 2.24) is 10.3 Å². The monoisotopic (exact) mass is 243 g/mol. The van der Waals surface area contributed by atoms with Crippen LogP contribution in [-0.2, 0) is 6.54 Å². The van der Waals surface area contributed by atoms with E-state index >= 15 is 0 Å². The van der Waals surface area contributed by atoms with Crippen molar-refractivity contribution in [3.63, 3.8) is 0 Å². The predicted molar refractivity (Wildman–Crippen MR) is 69.6 cm³/mol. The molecule has 1 heterocycles. The van der Waals surface area contributed by atoms with Crippen LogP contribution in [0.5, 0.6) is 0 Å². The van der Waals surface area contributed by atoms with Crippen LogP contribution < -0.4 is 5.32 Å². The van der Waals surface area contributed by atoms with Crippen molar-refractivity contribution in [1.29, 1.82) is 5.26 Å². The van der Waals surface area contributed by atoms with Gasteiger partial charge in [0, 0.05) is 17.5 Å². The van der Waals surface area contributed by atoms with Crippen molar-refractivity contribution < 1.29 is 0 Å². The Balaban J connectivity index is 2.21. The molecule has 3 nitrogen and oxygen atoms in total. The lowest BCUT2D eigenvalue weighted by molar-refractivity contribution is 0.723. The minimum atomic E-state index is 0.670. The third kappa shape index (κ3) is 2.90. The molecule has 4 heteroatoms. The van der Waals surface area contributed by atoms with Crippen LogP contribution in [0, 0.1) is 11.3 Å². The van der Waals surface area contributed by atoms with E-state index in [0.29, 0.717) is 5.56 Å². The molecule has 0 saturated carbocycles. The fraction of sp³-hybridized carbons (Fsp3) is 0.231. The molecule has 1 aromatic carbocycles. The molecule has 0 saturated heterocycles. The van der Waals surface area contributed by atoms with Crippen LogP contribution in [0.4, 0.5) is 0 Å². The van der Waals surface area contributed by atoms with Gasteiger partial charge in [0.05, 0.1) is 17.3 Å².